The minimum Gasteiger partial charge on any atom is -0.495 e. The van der Waals surface area contributed by atoms with Gasteiger partial charge in [0, 0.05) is 12.6 Å². The van der Waals surface area contributed by atoms with Crippen LogP contribution in [0.15, 0.2) is 42.5 Å². The molecule has 0 aliphatic rings. The minimum atomic E-state index is -0.453. The van der Waals surface area contributed by atoms with Crippen molar-refractivity contribution in [2.45, 2.75) is 6.92 Å². The van der Waals surface area contributed by atoms with Crippen LogP contribution in [0.25, 0.3) is 0 Å². The maximum Gasteiger partial charge on any atom is 0.337 e. The molecule has 0 aromatic heterocycles. The van der Waals surface area contributed by atoms with E-state index >= 15 is 0 Å². The summed E-state index contributed by atoms with van der Waals surface area (Å²) in [5.41, 5.74) is 1.31. The van der Waals surface area contributed by atoms with Gasteiger partial charge in [0.05, 0.1) is 25.5 Å². The van der Waals surface area contributed by atoms with Gasteiger partial charge in [-0.1, -0.05) is 0 Å². The number of amides is 2. The molecule has 0 radical (unpaired) electrons. The molecule has 0 bridgehead atoms. The fourth-order valence-electron chi connectivity index (χ4n) is 2.23. The van der Waals surface area contributed by atoms with Gasteiger partial charge in [-0.25, -0.2) is 4.79 Å². The maximum atomic E-state index is 12.2. The van der Waals surface area contributed by atoms with Crippen molar-refractivity contribution in [3.05, 3.63) is 48.0 Å². The standard InChI is InChI=1S/C19H20N2O6/c1-12(22)20-14-6-9-17(25-2)16(10-14)21-18(23)11-27-15-7-4-13(5-8-15)19(24)26-3/h4-10H,11H2,1-3H3,(H,20,22)(H,21,23). The van der Waals surface area contributed by atoms with Crippen LogP contribution < -0.4 is 20.1 Å². The van der Waals surface area contributed by atoms with Gasteiger partial charge in [0.1, 0.15) is 11.5 Å². The molecular weight excluding hydrogens is 352 g/mol. The van der Waals surface area contributed by atoms with Gasteiger partial charge in [-0.05, 0) is 42.5 Å². The summed E-state index contributed by atoms with van der Waals surface area (Å²) in [7, 11) is 2.77. The van der Waals surface area contributed by atoms with E-state index in [0.717, 1.165) is 0 Å². The van der Waals surface area contributed by atoms with Gasteiger partial charge < -0.3 is 24.8 Å². The van der Waals surface area contributed by atoms with Crippen LogP contribution in [-0.4, -0.2) is 38.6 Å². The first kappa shape index (κ1) is 19.8. The lowest BCUT2D eigenvalue weighted by molar-refractivity contribution is -0.118. The van der Waals surface area contributed by atoms with E-state index in [9.17, 15) is 14.4 Å². The van der Waals surface area contributed by atoms with Gasteiger partial charge in [-0.15, -0.1) is 0 Å². The van der Waals surface area contributed by atoms with E-state index in [2.05, 4.69) is 15.4 Å². The molecule has 0 atom stereocenters. The molecular formula is C19H20N2O6. The first-order chi connectivity index (χ1) is 12.9. The van der Waals surface area contributed by atoms with Crippen molar-refractivity contribution in [3.63, 3.8) is 0 Å². The molecule has 2 aromatic rings. The summed E-state index contributed by atoms with van der Waals surface area (Å²) in [5.74, 6) is -0.219. The molecule has 8 nitrogen and oxygen atoms in total. The van der Waals surface area contributed by atoms with Crippen LogP contribution in [0.3, 0.4) is 0 Å². The molecule has 2 amide bonds. The Bertz CT molecular complexity index is 833. The van der Waals surface area contributed by atoms with Crippen molar-refractivity contribution in [3.8, 4) is 11.5 Å². The second-order valence-corrected chi connectivity index (χ2v) is 5.45. The highest BCUT2D eigenvalue weighted by Crippen LogP contribution is 2.27. The third-order valence-corrected chi connectivity index (χ3v) is 3.44. The molecule has 0 fully saturated rings. The first-order valence-electron chi connectivity index (χ1n) is 7.99. The van der Waals surface area contributed by atoms with Gasteiger partial charge in [-0.2, -0.15) is 0 Å². The van der Waals surface area contributed by atoms with Crippen LogP contribution in [0.2, 0.25) is 0 Å². The molecule has 0 spiro atoms. The predicted octanol–water partition coefficient (Wildman–Crippen LogP) is 2.46. The summed E-state index contributed by atoms with van der Waals surface area (Å²) < 4.78 is 15.2. The summed E-state index contributed by atoms with van der Waals surface area (Å²) >= 11 is 0. The number of esters is 1. The van der Waals surface area contributed by atoms with Gasteiger partial charge >= 0.3 is 5.97 Å². The Labute approximate surface area is 156 Å². The Morgan fingerprint density at radius 1 is 0.963 bits per heavy atom. The number of nitrogens with one attached hydrogen (secondary N) is 2. The molecule has 2 aromatic carbocycles. The number of anilines is 2. The number of carbonyl (C=O) groups excluding carboxylic acids is 3. The number of hydrogen-bond donors (Lipinski definition) is 2. The molecule has 8 heteroatoms. The molecule has 0 saturated carbocycles. The number of methoxy groups -OCH3 is 2. The normalized spacial score (nSPS) is 9.89. The topological polar surface area (TPSA) is 103 Å². The maximum absolute atomic E-state index is 12.2. The monoisotopic (exact) mass is 372 g/mol. The van der Waals surface area contributed by atoms with Crippen LogP contribution in [0.4, 0.5) is 11.4 Å². The highest BCUT2D eigenvalue weighted by molar-refractivity contribution is 5.95. The van der Waals surface area contributed by atoms with Gasteiger partial charge in [0.2, 0.25) is 5.91 Å². The number of benzene rings is 2. The zero-order valence-corrected chi connectivity index (χ0v) is 15.2. The molecule has 0 aliphatic carbocycles. The minimum absolute atomic E-state index is 0.226. The molecule has 0 saturated heterocycles. The van der Waals surface area contributed by atoms with Crippen LogP contribution in [0, 0.1) is 0 Å². The molecule has 2 N–H and O–H groups in total. The lowest BCUT2D eigenvalue weighted by Gasteiger charge is -2.13. The molecule has 27 heavy (non-hydrogen) atoms. The summed E-state index contributed by atoms with van der Waals surface area (Å²) in [6, 6.07) is 11.1. The molecule has 2 rings (SSSR count). The first-order valence-corrected chi connectivity index (χ1v) is 7.99. The van der Waals surface area contributed by atoms with Gasteiger partial charge in [-0.3, -0.25) is 9.59 Å². The van der Waals surface area contributed by atoms with E-state index in [-0.39, 0.29) is 12.5 Å². The Morgan fingerprint density at radius 2 is 1.67 bits per heavy atom. The largest absolute Gasteiger partial charge is 0.495 e. The van der Waals surface area contributed by atoms with Crippen LogP contribution in [-0.2, 0) is 14.3 Å². The second-order valence-electron chi connectivity index (χ2n) is 5.45. The fourth-order valence-corrected chi connectivity index (χ4v) is 2.23. The van der Waals surface area contributed by atoms with Crippen LogP contribution >= 0.6 is 0 Å². The molecule has 0 aliphatic heterocycles. The van der Waals surface area contributed by atoms with Crippen molar-refractivity contribution in [1.29, 1.82) is 0 Å². The zero-order chi connectivity index (χ0) is 19.8. The third kappa shape index (κ3) is 5.74. The number of rotatable bonds is 7. The van der Waals surface area contributed by atoms with Crippen LogP contribution in [0.1, 0.15) is 17.3 Å². The zero-order valence-electron chi connectivity index (χ0n) is 15.2. The van der Waals surface area contributed by atoms with E-state index in [1.807, 2.05) is 0 Å². The SMILES string of the molecule is COC(=O)c1ccc(OCC(=O)Nc2cc(NC(C)=O)ccc2OC)cc1. The molecule has 0 heterocycles. The summed E-state index contributed by atoms with van der Waals surface area (Å²) in [6.45, 7) is 1.15. The lowest BCUT2D eigenvalue weighted by Crippen LogP contribution is -2.20. The number of hydrogen-bond acceptors (Lipinski definition) is 6. The van der Waals surface area contributed by atoms with Crippen molar-refractivity contribution >= 4 is 29.2 Å². The van der Waals surface area contributed by atoms with E-state index < -0.39 is 11.9 Å². The Hall–Kier alpha value is -3.55. The Morgan fingerprint density at radius 3 is 2.26 bits per heavy atom. The quantitative estimate of drug-likeness (QED) is 0.724. The van der Waals surface area contributed by atoms with Crippen molar-refractivity contribution in [2.24, 2.45) is 0 Å². The summed E-state index contributed by atoms with van der Waals surface area (Å²) in [6.07, 6.45) is 0. The number of carbonyl (C=O) groups is 3. The van der Waals surface area contributed by atoms with Gasteiger partial charge in [0.25, 0.3) is 5.91 Å². The Kier molecular flexibility index (Phi) is 6.76. The van der Waals surface area contributed by atoms with Crippen LogP contribution in [0.5, 0.6) is 11.5 Å². The van der Waals surface area contributed by atoms with Crippen molar-refractivity contribution < 1.29 is 28.6 Å². The third-order valence-electron chi connectivity index (χ3n) is 3.44. The predicted molar refractivity (Wildman–Crippen MR) is 99.2 cm³/mol. The number of ether oxygens (including phenoxy) is 3. The fraction of sp³-hybridized carbons (Fsp3) is 0.211. The molecule has 0 unspecified atom stereocenters. The van der Waals surface area contributed by atoms with Gasteiger partial charge in [0.15, 0.2) is 6.61 Å². The summed E-state index contributed by atoms with van der Waals surface area (Å²) in [4.78, 5) is 34.7. The average Bonchev–Trinajstić information content (AvgIpc) is 2.66. The highest BCUT2D eigenvalue weighted by atomic mass is 16.5. The van der Waals surface area contributed by atoms with Crippen molar-refractivity contribution in [2.75, 3.05) is 31.5 Å². The summed E-state index contributed by atoms with van der Waals surface area (Å²) in [5, 5.41) is 5.30. The average molecular weight is 372 g/mol. The smallest absolute Gasteiger partial charge is 0.337 e. The van der Waals surface area contributed by atoms with E-state index in [0.29, 0.717) is 28.4 Å². The Balaban J connectivity index is 1.98. The second kappa shape index (κ2) is 9.23. The van der Waals surface area contributed by atoms with Crippen molar-refractivity contribution in [1.82, 2.24) is 0 Å². The lowest BCUT2D eigenvalue weighted by atomic mass is 10.2. The van der Waals surface area contributed by atoms with E-state index in [1.54, 1.807) is 42.5 Å². The van der Waals surface area contributed by atoms with E-state index in [1.165, 1.54) is 21.1 Å². The molecule has 142 valence electrons. The highest BCUT2D eigenvalue weighted by Gasteiger charge is 2.11. The van der Waals surface area contributed by atoms with E-state index in [4.69, 9.17) is 9.47 Å².